The topological polar surface area (TPSA) is 90.5 Å². The predicted molar refractivity (Wildman–Crippen MR) is 109 cm³/mol. The Balaban J connectivity index is 1.53. The van der Waals surface area contributed by atoms with Crippen LogP contribution in [0.15, 0.2) is 18.2 Å². The van der Waals surface area contributed by atoms with E-state index < -0.39 is 11.8 Å². The lowest BCUT2D eigenvalue weighted by Crippen LogP contribution is -2.44. The van der Waals surface area contributed by atoms with Gasteiger partial charge in [0.25, 0.3) is 0 Å². The molecule has 1 saturated heterocycles. The zero-order valence-corrected chi connectivity index (χ0v) is 16.8. The molecule has 1 aliphatic carbocycles. The summed E-state index contributed by atoms with van der Waals surface area (Å²) in [6, 6.07) is 3.42. The number of rotatable bonds is 6. The highest BCUT2D eigenvalue weighted by Crippen LogP contribution is 2.26. The molecule has 0 radical (unpaired) electrons. The Kier molecular flexibility index (Phi) is 7.06. The van der Waals surface area contributed by atoms with Crippen molar-refractivity contribution in [2.75, 3.05) is 23.7 Å². The molecule has 3 N–H and O–H groups in total. The Bertz CT molecular complexity index is 764. The van der Waals surface area contributed by atoms with E-state index >= 15 is 0 Å². The number of nitrogens with one attached hydrogen (secondary N) is 3. The quantitative estimate of drug-likeness (QED) is 0.678. The van der Waals surface area contributed by atoms with Gasteiger partial charge in [-0.1, -0.05) is 19.3 Å². The van der Waals surface area contributed by atoms with Crippen LogP contribution < -0.4 is 16.0 Å². The normalized spacial score (nSPS) is 18.4. The van der Waals surface area contributed by atoms with Crippen molar-refractivity contribution in [2.45, 2.75) is 57.9 Å². The number of carbonyl (C=O) groups excluding carboxylic acids is 3. The van der Waals surface area contributed by atoms with Gasteiger partial charge in [0.05, 0.1) is 5.69 Å². The van der Waals surface area contributed by atoms with E-state index in [2.05, 4.69) is 16.0 Å². The lowest BCUT2D eigenvalue weighted by molar-refractivity contribution is -0.128. The van der Waals surface area contributed by atoms with Crippen molar-refractivity contribution < 1.29 is 18.8 Å². The zero-order valence-electron chi connectivity index (χ0n) is 16.8. The van der Waals surface area contributed by atoms with Crippen LogP contribution in [0.3, 0.4) is 0 Å². The summed E-state index contributed by atoms with van der Waals surface area (Å²) < 4.78 is 14.1. The first kappa shape index (κ1) is 21.1. The van der Waals surface area contributed by atoms with Crippen molar-refractivity contribution >= 4 is 29.2 Å². The van der Waals surface area contributed by atoms with E-state index in [1.807, 2.05) is 6.92 Å². The molecule has 29 heavy (non-hydrogen) atoms. The highest BCUT2D eigenvalue weighted by atomic mass is 19.1. The summed E-state index contributed by atoms with van der Waals surface area (Å²) in [5.74, 6) is -0.691. The van der Waals surface area contributed by atoms with Crippen LogP contribution in [0.5, 0.6) is 0 Å². The molecule has 1 heterocycles. The minimum Gasteiger partial charge on any atom is -0.341 e. The maximum Gasteiger partial charge on any atom is 0.319 e. The Morgan fingerprint density at radius 3 is 2.62 bits per heavy atom. The first-order valence-corrected chi connectivity index (χ1v) is 10.4. The molecule has 1 saturated carbocycles. The number of benzene rings is 1. The number of hydrogen-bond acceptors (Lipinski definition) is 3. The zero-order chi connectivity index (χ0) is 20.8. The third-order valence-corrected chi connectivity index (χ3v) is 5.50. The van der Waals surface area contributed by atoms with Gasteiger partial charge in [-0.15, -0.1) is 0 Å². The number of carbonyl (C=O) groups is 3. The summed E-state index contributed by atoms with van der Waals surface area (Å²) in [7, 11) is 0. The fourth-order valence-corrected chi connectivity index (χ4v) is 3.96. The number of likely N-dealkylation sites (tertiary alicyclic amines) is 1. The highest BCUT2D eigenvalue weighted by molar-refractivity contribution is 5.94. The second-order valence-electron chi connectivity index (χ2n) is 7.96. The van der Waals surface area contributed by atoms with Crippen LogP contribution in [0, 0.1) is 11.7 Å². The summed E-state index contributed by atoms with van der Waals surface area (Å²) in [4.78, 5) is 38.0. The number of halogens is 1. The fourth-order valence-electron chi connectivity index (χ4n) is 3.96. The number of hydrogen-bond donors (Lipinski definition) is 3. The van der Waals surface area contributed by atoms with E-state index in [0.29, 0.717) is 25.2 Å². The molecule has 3 rings (SSSR count). The molecular weight excluding hydrogens is 375 g/mol. The average molecular weight is 404 g/mol. The van der Waals surface area contributed by atoms with Gasteiger partial charge in [-0.25, -0.2) is 9.18 Å². The number of urea groups is 1. The van der Waals surface area contributed by atoms with Gasteiger partial charge in [0, 0.05) is 37.2 Å². The first-order chi connectivity index (χ1) is 13.9. The van der Waals surface area contributed by atoms with Crippen LogP contribution in [0.4, 0.5) is 20.6 Å². The number of amides is 4. The van der Waals surface area contributed by atoms with Crippen molar-refractivity contribution in [2.24, 2.45) is 5.92 Å². The SMILES string of the molecule is CC(CN1CCCC1=O)NC(=O)Nc1ccc(F)c(NC(=O)C2CCCCC2)c1. The molecule has 0 aromatic heterocycles. The number of anilines is 2. The van der Waals surface area contributed by atoms with Crippen LogP contribution >= 0.6 is 0 Å². The van der Waals surface area contributed by atoms with Crippen LogP contribution in [0.2, 0.25) is 0 Å². The summed E-state index contributed by atoms with van der Waals surface area (Å²) in [5, 5.41) is 8.09. The minimum absolute atomic E-state index is 0.0640. The van der Waals surface area contributed by atoms with Gasteiger partial charge in [-0.2, -0.15) is 0 Å². The van der Waals surface area contributed by atoms with Gasteiger partial charge >= 0.3 is 6.03 Å². The number of nitrogens with zero attached hydrogens (tertiary/aromatic N) is 1. The summed E-state index contributed by atoms with van der Waals surface area (Å²) in [6.45, 7) is 3.00. The van der Waals surface area contributed by atoms with Gasteiger partial charge in [0.2, 0.25) is 11.8 Å². The molecule has 1 unspecified atom stereocenters. The molecule has 158 valence electrons. The van der Waals surface area contributed by atoms with Crippen LogP contribution in [0.25, 0.3) is 0 Å². The predicted octanol–water partition coefficient (Wildman–Crippen LogP) is 3.48. The van der Waals surface area contributed by atoms with Gasteiger partial charge in [-0.05, 0) is 44.4 Å². The lowest BCUT2D eigenvalue weighted by atomic mass is 9.88. The molecule has 0 bridgehead atoms. The molecule has 0 spiro atoms. The Morgan fingerprint density at radius 2 is 1.93 bits per heavy atom. The van der Waals surface area contributed by atoms with Crippen molar-refractivity contribution in [3.63, 3.8) is 0 Å². The summed E-state index contributed by atoms with van der Waals surface area (Å²) in [5.41, 5.74) is 0.446. The smallest absolute Gasteiger partial charge is 0.319 e. The molecule has 2 aliphatic rings. The fraction of sp³-hybridized carbons (Fsp3) is 0.571. The maximum absolute atomic E-state index is 14.1. The monoisotopic (exact) mass is 404 g/mol. The molecule has 8 heteroatoms. The van der Waals surface area contributed by atoms with Crippen LogP contribution in [-0.4, -0.2) is 41.9 Å². The summed E-state index contributed by atoms with van der Waals surface area (Å²) >= 11 is 0. The minimum atomic E-state index is -0.541. The Hall–Kier alpha value is -2.64. The largest absolute Gasteiger partial charge is 0.341 e. The second-order valence-corrected chi connectivity index (χ2v) is 7.96. The van der Waals surface area contributed by atoms with E-state index in [0.717, 1.165) is 38.5 Å². The van der Waals surface area contributed by atoms with E-state index in [1.54, 1.807) is 4.90 Å². The molecule has 7 nitrogen and oxygen atoms in total. The van der Waals surface area contributed by atoms with Gasteiger partial charge in [0.15, 0.2) is 0 Å². The third-order valence-electron chi connectivity index (χ3n) is 5.50. The first-order valence-electron chi connectivity index (χ1n) is 10.4. The van der Waals surface area contributed by atoms with Crippen molar-refractivity contribution in [1.29, 1.82) is 0 Å². The summed E-state index contributed by atoms with van der Waals surface area (Å²) in [6.07, 6.45) is 6.23. The molecule has 1 aromatic carbocycles. The van der Waals surface area contributed by atoms with Crippen LogP contribution in [0.1, 0.15) is 51.9 Å². The van der Waals surface area contributed by atoms with Gasteiger partial charge in [0.1, 0.15) is 5.82 Å². The lowest BCUT2D eigenvalue weighted by Gasteiger charge is -2.22. The Labute approximate surface area is 170 Å². The standard InChI is InChI=1S/C21H29FN4O3/c1-14(13-26-11-5-8-19(26)27)23-21(29)24-16-9-10-17(22)18(12-16)25-20(28)15-6-3-2-4-7-15/h9-10,12,14-15H,2-8,11,13H2,1H3,(H,25,28)(H2,23,24,29). The van der Waals surface area contributed by atoms with E-state index in [1.165, 1.54) is 18.2 Å². The van der Waals surface area contributed by atoms with Crippen LogP contribution in [-0.2, 0) is 9.59 Å². The molecule has 1 aromatic rings. The second kappa shape index (κ2) is 9.71. The molecule has 1 aliphatic heterocycles. The molecule has 4 amide bonds. The van der Waals surface area contributed by atoms with Crippen molar-refractivity contribution in [1.82, 2.24) is 10.2 Å². The van der Waals surface area contributed by atoms with Gasteiger partial charge in [-0.3, -0.25) is 9.59 Å². The van der Waals surface area contributed by atoms with E-state index in [4.69, 9.17) is 0 Å². The van der Waals surface area contributed by atoms with Crippen molar-refractivity contribution in [3.05, 3.63) is 24.0 Å². The highest BCUT2D eigenvalue weighted by Gasteiger charge is 2.23. The van der Waals surface area contributed by atoms with E-state index in [9.17, 15) is 18.8 Å². The third kappa shape index (κ3) is 5.92. The Morgan fingerprint density at radius 1 is 1.17 bits per heavy atom. The van der Waals surface area contributed by atoms with Gasteiger partial charge < -0.3 is 20.9 Å². The average Bonchev–Trinajstić information content (AvgIpc) is 3.09. The van der Waals surface area contributed by atoms with E-state index in [-0.39, 0.29) is 29.5 Å². The molecule has 1 atom stereocenters. The maximum atomic E-state index is 14.1. The van der Waals surface area contributed by atoms with Crippen molar-refractivity contribution in [3.8, 4) is 0 Å². The molecule has 2 fully saturated rings. The molecular formula is C21H29FN4O3.